The van der Waals surface area contributed by atoms with Crippen molar-refractivity contribution in [1.29, 1.82) is 0 Å². The molecule has 12 heavy (non-hydrogen) atoms. The molecule has 0 radical (unpaired) electrons. The molecular formula is C8H8N2O2. The first-order valence-corrected chi connectivity index (χ1v) is 3.40. The van der Waals surface area contributed by atoms with Crippen LogP contribution in [0.25, 0.3) is 0 Å². The summed E-state index contributed by atoms with van der Waals surface area (Å²) in [5.41, 5.74) is 0. The molecule has 62 valence electrons. The third kappa shape index (κ3) is 2.42. The van der Waals surface area contributed by atoms with Crippen LogP contribution in [0.4, 0.5) is 0 Å². The zero-order valence-corrected chi connectivity index (χ0v) is 6.28. The molecule has 0 aliphatic carbocycles. The van der Waals surface area contributed by atoms with Gasteiger partial charge in [0.15, 0.2) is 0 Å². The van der Waals surface area contributed by atoms with Crippen LogP contribution in [0.2, 0.25) is 0 Å². The molecule has 1 aromatic heterocycles. The summed E-state index contributed by atoms with van der Waals surface area (Å²) in [5.74, 6) is -1.01. The highest BCUT2D eigenvalue weighted by molar-refractivity contribution is 6.42. The minimum absolute atomic E-state index is 0.472. The maximum Gasteiger partial charge on any atom is 0.295 e. The van der Waals surface area contributed by atoms with E-state index in [1.54, 1.807) is 0 Å². The van der Waals surface area contributed by atoms with Gasteiger partial charge in [-0.15, -0.1) is 0 Å². The van der Waals surface area contributed by atoms with E-state index in [-0.39, 0.29) is 0 Å². The Hall–Kier alpha value is -1.84. The molecule has 0 saturated carbocycles. The van der Waals surface area contributed by atoms with Crippen LogP contribution in [0.1, 0.15) is 0 Å². The van der Waals surface area contributed by atoms with Crippen LogP contribution < -0.4 is 5.32 Å². The molecule has 1 aliphatic rings. The van der Waals surface area contributed by atoms with Crippen molar-refractivity contribution >= 4 is 11.7 Å². The molecule has 0 fully saturated rings. The third-order valence-corrected chi connectivity index (χ3v) is 1.17. The summed E-state index contributed by atoms with van der Waals surface area (Å²) in [5, 5.41) is 2.20. The van der Waals surface area contributed by atoms with Gasteiger partial charge in [0.1, 0.15) is 0 Å². The third-order valence-electron chi connectivity index (χ3n) is 1.17. The number of aromatic amines is 1. The number of H-pyrrole nitrogens is 1. The lowest BCUT2D eigenvalue weighted by Crippen LogP contribution is -2.17. The Morgan fingerprint density at radius 1 is 1.08 bits per heavy atom. The maximum absolute atomic E-state index is 10.1. The molecule has 1 amide bonds. The summed E-state index contributed by atoms with van der Waals surface area (Å²) < 4.78 is 0. The summed E-state index contributed by atoms with van der Waals surface area (Å²) >= 11 is 0. The first-order chi connectivity index (χ1) is 5.80. The molecule has 0 aromatic carbocycles. The quantitative estimate of drug-likeness (QED) is 0.538. The number of rotatable bonds is 0. The number of amides is 1. The van der Waals surface area contributed by atoms with E-state index in [1.807, 2.05) is 24.5 Å². The van der Waals surface area contributed by atoms with Crippen LogP contribution in [-0.2, 0) is 9.59 Å². The predicted octanol–water partition coefficient (Wildman–Crippen LogP) is 0.214. The van der Waals surface area contributed by atoms with Gasteiger partial charge in [-0.25, -0.2) is 0 Å². The number of ketones is 1. The number of hydrogen-bond donors (Lipinski definition) is 2. The number of aromatic nitrogens is 1. The van der Waals surface area contributed by atoms with Crippen LogP contribution in [0, 0.1) is 0 Å². The van der Waals surface area contributed by atoms with Crippen molar-refractivity contribution in [2.45, 2.75) is 0 Å². The molecule has 0 unspecified atom stereocenters. The summed E-state index contributed by atoms with van der Waals surface area (Å²) in [6, 6.07) is 3.89. The fourth-order valence-corrected chi connectivity index (χ4v) is 0.618. The molecule has 1 aliphatic heterocycles. The predicted molar refractivity (Wildman–Crippen MR) is 43.1 cm³/mol. The summed E-state index contributed by atoms with van der Waals surface area (Å²) in [4.78, 5) is 23.0. The van der Waals surface area contributed by atoms with E-state index in [0.29, 0.717) is 0 Å². The normalized spacial score (nSPS) is 13.7. The van der Waals surface area contributed by atoms with Gasteiger partial charge in [0.05, 0.1) is 0 Å². The molecule has 2 N–H and O–H groups in total. The van der Waals surface area contributed by atoms with Gasteiger partial charge in [0.25, 0.3) is 5.91 Å². The molecule has 1 aromatic rings. The van der Waals surface area contributed by atoms with Gasteiger partial charge in [-0.05, 0) is 12.1 Å². The molecule has 0 saturated heterocycles. The van der Waals surface area contributed by atoms with Crippen molar-refractivity contribution in [1.82, 2.24) is 10.3 Å². The van der Waals surface area contributed by atoms with Gasteiger partial charge in [-0.2, -0.15) is 0 Å². The van der Waals surface area contributed by atoms with Crippen LogP contribution in [-0.4, -0.2) is 16.7 Å². The maximum atomic E-state index is 10.1. The molecule has 0 spiro atoms. The van der Waals surface area contributed by atoms with Crippen molar-refractivity contribution in [2.24, 2.45) is 0 Å². The average molecular weight is 164 g/mol. The van der Waals surface area contributed by atoms with Crippen LogP contribution in [0.3, 0.4) is 0 Å². The Morgan fingerprint density at radius 3 is 1.92 bits per heavy atom. The lowest BCUT2D eigenvalue weighted by molar-refractivity contribution is -0.133. The van der Waals surface area contributed by atoms with Gasteiger partial charge in [0.2, 0.25) is 5.78 Å². The number of carbonyl (C=O) groups is 2. The average Bonchev–Trinajstić information content (AvgIpc) is 2.67. The highest BCUT2D eigenvalue weighted by Crippen LogP contribution is 1.83. The summed E-state index contributed by atoms with van der Waals surface area (Å²) in [6.45, 7) is 0. The Balaban J connectivity index is 0.000000127. The zero-order valence-electron chi connectivity index (χ0n) is 6.28. The van der Waals surface area contributed by atoms with Crippen LogP contribution in [0.15, 0.2) is 36.8 Å². The van der Waals surface area contributed by atoms with Gasteiger partial charge >= 0.3 is 0 Å². The Bertz CT molecular complexity index is 271. The second-order valence-corrected chi connectivity index (χ2v) is 2.06. The van der Waals surface area contributed by atoms with E-state index in [4.69, 9.17) is 0 Å². The highest BCUT2D eigenvalue weighted by Gasteiger charge is 2.12. The molecule has 0 bridgehead atoms. The van der Waals surface area contributed by atoms with Crippen molar-refractivity contribution in [3.8, 4) is 0 Å². The fourth-order valence-electron chi connectivity index (χ4n) is 0.618. The van der Waals surface area contributed by atoms with E-state index >= 15 is 0 Å². The van der Waals surface area contributed by atoms with Crippen LogP contribution in [0.5, 0.6) is 0 Å². The first-order valence-electron chi connectivity index (χ1n) is 3.40. The molecule has 2 rings (SSSR count). The Kier molecular flexibility index (Phi) is 2.84. The van der Waals surface area contributed by atoms with Crippen LogP contribution >= 0.6 is 0 Å². The zero-order chi connectivity index (χ0) is 8.81. The monoisotopic (exact) mass is 164 g/mol. The van der Waals surface area contributed by atoms with E-state index in [2.05, 4.69) is 10.3 Å². The van der Waals surface area contributed by atoms with Gasteiger partial charge < -0.3 is 10.3 Å². The second-order valence-electron chi connectivity index (χ2n) is 2.06. The van der Waals surface area contributed by atoms with E-state index in [1.165, 1.54) is 12.3 Å². The summed E-state index contributed by atoms with van der Waals surface area (Å²) in [6.07, 6.45) is 6.27. The number of carbonyl (C=O) groups excluding carboxylic acids is 2. The molecular weight excluding hydrogens is 156 g/mol. The minimum Gasteiger partial charge on any atom is -0.368 e. The van der Waals surface area contributed by atoms with E-state index in [0.717, 1.165) is 0 Å². The molecule has 0 atom stereocenters. The molecule has 4 nitrogen and oxygen atoms in total. The lowest BCUT2D eigenvalue weighted by Gasteiger charge is -1.78. The highest BCUT2D eigenvalue weighted by atomic mass is 16.2. The largest absolute Gasteiger partial charge is 0.368 e. The van der Waals surface area contributed by atoms with Crippen molar-refractivity contribution < 1.29 is 9.59 Å². The minimum atomic E-state index is -0.542. The summed E-state index contributed by atoms with van der Waals surface area (Å²) in [7, 11) is 0. The fraction of sp³-hybridized carbons (Fsp3) is 0. The number of hydrogen-bond acceptors (Lipinski definition) is 2. The lowest BCUT2D eigenvalue weighted by atomic mass is 10.4. The van der Waals surface area contributed by atoms with Gasteiger partial charge in [0, 0.05) is 24.7 Å². The Labute approximate surface area is 69.3 Å². The van der Waals surface area contributed by atoms with Crippen molar-refractivity contribution in [3.05, 3.63) is 36.8 Å². The molecule has 2 heterocycles. The molecule has 4 heteroatoms. The van der Waals surface area contributed by atoms with E-state index in [9.17, 15) is 9.59 Å². The smallest absolute Gasteiger partial charge is 0.295 e. The van der Waals surface area contributed by atoms with Crippen molar-refractivity contribution in [2.75, 3.05) is 0 Å². The Morgan fingerprint density at radius 2 is 1.75 bits per heavy atom. The van der Waals surface area contributed by atoms with Gasteiger partial charge in [-0.3, -0.25) is 9.59 Å². The topological polar surface area (TPSA) is 62.0 Å². The second kappa shape index (κ2) is 4.12. The van der Waals surface area contributed by atoms with E-state index < -0.39 is 11.7 Å². The first kappa shape index (κ1) is 8.26. The number of nitrogens with one attached hydrogen (secondary N) is 2. The standard InChI is InChI=1S/C4H3NO2.C4H5N/c6-3-1-2-5-4(3)7;1-2-4-5-3-1/h1-2H,(H,5,6,7);1-5H. The van der Waals surface area contributed by atoms with Gasteiger partial charge in [-0.1, -0.05) is 0 Å². The van der Waals surface area contributed by atoms with Crippen molar-refractivity contribution in [3.63, 3.8) is 0 Å². The SMILES string of the molecule is O=C1C=CNC1=O.c1cc[nH]c1.